The highest BCUT2D eigenvalue weighted by Crippen LogP contribution is 2.45. The van der Waals surface area contributed by atoms with Crippen LogP contribution in [0.15, 0.2) is 0 Å². The quantitative estimate of drug-likeness (QED) is 0.639. The zero-order chi connectivity index (χ0) is 11.9. The van der Waals surface area contributed by atoms with Crippen molar-refractivity contribution in [2.24, 2.45) is 5.92 Å². The van der Waals surface area contributed by atoms with Crippen LogP contribution in [-0.4, -0.2) is 35.4 Å². The van der Waals surface area contributed by atoms with E-state index in [0.29, 0.717) is 6.54 Å². The maximum absolute atomic E-state index is 13.5. The first kappa shape index (κ1) is 11.7. The topological polar surface area (TPSA) is 29.5 Å². The van der Waals surface area contributed by atoms with Gasteiger partial charge in [0.05, 0.1) is 6.04 Å². The van der Waals surface area contributed by atoms with E-state index in [0.717, 1.165) is 19.3 Å². The number of rotatable bonds is 0. The van der Waals surface area contributed by atoms with Crippen LogP contribution in [0.4, 0.5) is 9.18 Å². The minimum atomic E-state index is -0.826. The number of nitrogens with zero attached hydrogens (tertiary/aromatic N) is 1. The Kier molecular flexibility index (Phi) is 2.84. The first-order chi connectivity index (χ1) is 7.40. The molecule has 0 aromatic rings. The number of fused-ring (bicyclic) bond motifs is 1. The highest BCUT2D eigenvalue weighted by atomic mass is 19.1. The fraction of sp³-hybridized carbons (Fsp3) is 0.917. The van der Waals surface area contributed by atoms with Gasteiger partial charge in [0.2, 0.25) is 0 Å². The summed E-state index contributed by atoms with van der Waals surface area (Å²) in [7, 11) is 0. The van der Waals surface area contributed by atoms with Gasteiger partial charge in [-0.15, -0.1) is 0 Å². The molecule has 3 nitrogen and oxygen atoms in total. The monoisotopic (exact) mass is 229 g/mol. The Labute approximate surface area is 95.9 Å². The molecule has 1 saturated heterocycles. The number of carbonyl (C=O) groups excluding carboxylic acids is 1. The van der Waals surface area contributed by atoms with Gasteiger partial charge in [-0.3, -0.25) is 0 Å². The molecule has 1 aliphatic heterocycles. The van der Waals surface area contributed by atoms with E-state index in [1.54, 1.807) is 4.90 Å². The van der Waals surface area contributed by atoms with Crippen molar-refractivity contribution in [2.75, 3.05) is 6.54 Å². The molecule has 1 amide bonds. The van der Waals surface area contributed by atoms with Crippen LogP contribution in [-0.2, 0) is 4.74 Å². The Morgan fingerprint density at radius 1 is 1.38 bits per heavy atom. The van der Waals surface area contributed by atoms with E-state index in [1.807, 2.05) is 20.8 Å². The molecule has 4 heteroatoms. The molecule has 0 aromatic heterocycles. The minimum Gasteiger partial charge on any atom is -0.444 e. The molecular formula is C12H20FNO2. The second-order valence-electron chi connectivity index (χ2n) is 5.77. The van der Waals surface area contributed by atoms with E-state index in [-0.39, 0.29) is 18.1 Å². The lowest BCUT2D eigenvalue weighted by atomic mass is 10.2. The lowest BCUT2D eigenvalue weighted by Gasteiger charge is -2.26. The third-order valence-electron chi connectivity index (χ3n) is 3.21. The van der Waals surface area contributed by atoms with E-state index in [9.17, 15) is 9.18 Å². The highest BCUT2D eigenvalue weighted by Gasteiger charge is 2.56. The Balaban J connectivity index is 1.99. The lowest BCUT2D eigenvalue weighted by molar-refractivity contribution is 0.0217. The minimum absolute atomic E-state index is 0.0648. The molecule has 0 aromatic carbocycles. The molecule has 16 heavy (non-hydrogen) atoms. The van der Waals surface area contributed by atoms with Crippen LogP contribution in [0.25, 0.3) is 0 Å². The zero-order valence-corrected chi connectivity index (χ0v) is 10.2. The van der Waals surface area contributed by atoms with Gasteiger partial charge in [0.15, 0.2) is 0 Å². The van der Waals surface area contributed by atoms with Crippen LogP contribution in [0.2, 0.25) is 0 Å². The van der Waals surface area contributed by atoms with Gasteiger partial charge in [-0.25, -0.2) is 9.18 Å². The van der Waals surface area contributed by atoms with Gasteiger partial charge in [-0.2, -0.15) is 0 Å². The molecule has 3 atom stereocenters. The maximum atomic E-state index is 13.5. The average molecular weight is 229 g/mol. The first-order valence-corrected chi connectivity index (χ1v) is 6.04. The normalized spacial score (nSPS) is 34.0. The van der Waals surface area contributed by atoms with E-state index < -0.39 is 11.8 Å². The second-order valence-corrected chi connectivity index (χ2v) is 5.77. The summed E-state index contributed by atoms with van der Waals surface area (Å²) in [5, 5.41) is 0. The summed E-state index contributed by atoms with van der Waals surface area (Å²) < 4.78 is 18.8. The van der Waals surface area contributed by atoms with Crippen molar-refractivity contribution in [3.63, 3.8) is 0 Å². The first-order valence-electron chi connectivity index (χ1n) is 6.04. The molecule has 2 fully saturated rings. The molecule has 1 heterocycles. The lowest BCUT2D eigenvalue weighted by Crippen LogP contribution is -2.39. The van der Waals surface area contributed by atoms with Crippen molar-refractivity contribution >= 4 is 6.09 Å². The third-order valence-corrected chi connectivity index (χ3v) is 3.21. The SMILES string of the molecule is CC(C)(C)OC(=O)N1CCCCC2C(F)C21. The molecule has 0 N–H and O–H groups in total. The standard InChI is InChI=1S/C12H20FNO2/c1-12(2,3)16-11(15)14-7-5-4-6-8-9(13)10(8)14/h8-10H,4-7H2,1-3H3. The molecule has 0 radical (unpaired) electrons. The molecule has 1 saturated carbocycles. The number of carbonyl (C=O) groups is 1. The Bertz CT molecular complexity index is 287. The van der Waals surface area contributed by atoms with Crippen LogP contribution in [0, 0.1) is 5.92 Å². The molecule has 2 aliphatic rings. The number of alkyl halides is 1. The third kappa shape index (κ3) is 2.30. The summed E-state index contributed by atoms with van der Waals surface area (Å²) in [6.07, 6.45) is 1.70. The summed E-state index contributed by atoms with van der Waals surface area (Å²) in [4.78, 5) is 13.5. The van der Waals surface area contributed by atoms with Crippen molar-refractivity contribution in [2.45, 2.75) is 57.8 Å². The van der Waals surface area contributed by atoms with Crippen molar-refractivity contribution in [3.8, 4) is 0 Å². The zero-order valence-electron chi connectivity index (χ0n) is 10.2. The number of amides is 1. The van der Waals surface area contributed by atoms with Crippen molar-refractivity contribution < 1.29 is 13.9 Å². The summed E-state index contributed by atoms with van der Waals surface area (Å²) in [5.41, 5.74) is -0.500. The summed E-state index contributed by atoms with van der Waals surface area (Å²) in [6, 6.07) is -0.211. The number of hydrogen-bond donors (Lipinski definition) is 0. The number of hydrogen-bond acceptors (Lipinski definition) is 2. The summed E-state index contributed by atoms with van der Waals surface area (Å²) in [5.74, 6) is 0.0648. The molecular weight excluding hydrogens is 209 g/mol. The van der Waals surface area contributed by atoms with E-state index in [2.05, 4.69) is 0 Å². The van der Waals surface area contributed by atoms with Gasteiger partial charge in [-0.1, -0.05) is 6.42 Å². The van der Waals surface area contributed by atoms with Gasteiger partial charge in [0.25, 0.3) is 0 Å². The predicted molar refractivity (Wildman–Crippen MR) is 59.0 cm³/mol. The highest BCUT2D eigenvalue weighted by molar-refractivity contribution is 5.69. The van der Waals surface area contributed by atoms with Crippen LogP contribution in [0.1, 0.15) is 40.0 Å². The van der Waals surface area contributed by atoms with E-state index >= 15 is 0 Å². The van der Waals surface area contributed by atoms with E-state index in [1.165, 1.54) is 0 Å². The largest absolute Gasteiger partial charge is 0.444 e. The number of ether oxygens (including phenoxy) is 1. The second kappa shape index (κ2) is 3.90. The van der Waals surface area contributed by atoms with Gasteiger partial charge in [0.1, 0.15) is 11.8 Å². The number of likely N-dealkylation sites (tertiary alicyclic amines) is 1. The Morgan fingerprint density at radius 3 is 2.69 bits per heavy atom. The molecule has 3 unspecified atom stereocenters. The fourth-order valence-corrected chi connectivity index (χ4v) is 2.39. The van der Waals surface area contributed by atoms with Crippen LogP contribution < -0.4 is 0 Å². The van der Waals surface area contributed by atoms with Crippen molar-refractivity contribution in [1.29, 1.82) is 0 Å². The molecule has 92 valence electrons. The maximum Gasteiger partial charge on any atom is 0.410 e. The average Bonchev–Trinajstić information content (AvgIpc) is 2.79. The fourth-order valence-electron chi connectivity index (χ4n) is 2.39. The van der Waals surface area contributed by atoms with Crippen LogP contribution in [0.5, 0.6) is 0 Å². The van der Waals surface area contributed by atoms with Crippen molar-refractivity contribution in [3.05, 3.63) is 0 Å². The molecule has 0 bridgehead atoms. The number of halogens is 1. The summed E-state index contributed by atoms with van der Waals surface area (Å²) >= 11 is 0. The van der Waals surface area contributed by atoms with Crippen molar-refractivity contribution in [1.82, 2.24) is 4.90 Å². The molecule has 1 aliphatic carbocycles. The van der Waals surface area contributed by atoms with E-state index in [4.69, 9.17) is 4.74 Å². The van der Waals surface area contributed by atoms with Gasteiger partial charge in [-0.05, 0) is 33.6 Å². The van der Waals surface area contributed by atoms with Gasteiger partial charge < -0.3 is 9.64 Å². The Hall–Kier alpha value is -0.800. The predicted octanol–water partition coefficient (Wildman–Crippen LogP) is 2.74. The Morgan fingerprint density at radius 2 is 2.06 bits per heavy atom. The van der Waals surface area contributed by atoms with Gasteiger partial charge >= 0.3 is 6.09 Å². The summed E-state index contributed by atoms with van der Waals surface area (Å²) in [6.45, 7) is 6.14. The smallest absolute Gasteiger partial charge is 0.410 e. The van der Waals surface area contributed by atoms with Crippen LogP contribution >= 0.6 is 0 Å². The molecule has 0 spiro atoms. The molecule has 2 rings (SSSR count). The van der Waals surface area contributed by atoms with Crippen LogP contribution in [0.3, 0.4) is 0 Å². The van der Waals surface area contributed by atoms with Gasteiger partial charge in [0, 0.05) is 12.5 Å².